The lowest BCUT2D eigenvalue weighted by atomic mass is 10.2. The number of amides is 2. The first-order valence-electron chi connectivity index (χ1n) is 4.52. The van der Waals surface area contributed by atoms with Crippen LogP contribution in [0, 0.1) is 0 Å². The number of nitrogens with zero attached hydrogens (tertiary/aromatic N) is 1. The summed E-state index contributed by atoms with van der Waals surface area (Å²) in [5, 5.41) is 3.22. The monoisotopic (exact) mass is 171 g/mol. The fraction of sp³-hybridized carbons (Fsp3) is 0.875. The highest BCUT2D eigenvalue weighted by Crippen LogP contribution is 2.08. The number of carbonyl (C=O) groups is 1. The number of rotatable bonds is 3. The summed E-state index contributed by atoms with van der Waals surface area (Å²) in [5.74, 6) is 0. The Balaban J connectivity index is 2.45. The van der Waals surface area contributed by atoms with Crippen molar-refractivity contribution < 1.29 is 4.79 Å². The molecule has 70 valence electrons. The third-order valence-electron chi connectivity index (χ3n) is 2.22. The number of urea groups is 1. The van der Waals surface area contributed by atoms with E-state index in [0.29, 0.717) is 6.04 Å². The van der Waals surface area contributed by atoms with Crippen LogP contribution in [-0.2, 0) is 0 Å². The number of nitrogens with one attached hydrogen (secondary N) is 1. The van der Waals surface area contributed by atoms with Gasteiger partial charge in [-0.15, -0.1) is 0 Å². The zero-order chi connectivity index (χ0) is 8.97. The van der Waals surface area contributed by atoms with E-state index in [0.717, 1.165) is 32.5 Å². The SMILES string of the molecule is CCCN(C(N)=O)C1CCNC1. The van der Waals surface area contributed by atoms with Crippen molar-refractivity contribution in [1.29, 1.82) is 0 Å². The van der Waals surface area contributed by atoms with Crippen molar-refractivity contribution in [1.82, 2.24) is 10.2 Å². The predicted octanol–water partition coefficient (Wildman–Crippen LogP) is 0.139. The first kappa shape index (κ1) is 9.32. The Morgan fingerprint density at radius 1 is 1.75 bits per heavy atom. The van der Waals surface area contributed by atoms with Gasteiger partial charge in [0, 0.05) is 19.1 Å². The average Bonchev–Trinajstić information content (AvgIpc) is 2.51. The number of hydrogen-bond donors (Lipinski definition) is 2. The molecule has 0 spiro atoms. The summed E-state index contributed by atoms with van der Waals surface area (Å²) < 4.78 is 0. The van der Waals surface area contributed by atoms with Gasteiger partial charge in [0.05, 0.1) is 0 Å². The number of nitrogens with two attached hydrogens (primary N) is 1. The molecule has 0 aliphatic carbocycles. The molecule has 1 rings (SSSR count). The molecule has 1 aliphatic rings. The Bertz CT molecular complexity index is 154. The molecule has 0 bridgehead atoms. The van der Waals surface area contributed by atoms with Crippen molar-refractivity contribution in [3.8, 4) is 0 Å². The Labute approximate surface area is 73.1 Å². The highest BCUT2D eigenvalue weighted by molar-refractivity contribution is 5.72. The molecule has 1 heterocycles. The van der Waals surface area contributed by atoms with Gasteiger partial charge in [0.25, 0.3) is 0 Å². The van der Waals surface area contributed by atoms with E-state index >= 15 is 0 Å². The molecule has 0 saturated carbocycles. The van der Waals surface area contributed by atoms with Crippen LogP contribution in [0.1, 0.15) is 19.8 Å². The minimum Gasteiger partial charge on any atom is -0.351 e. The fourth-order valence-electron chi connectivity index (χ4n) is 1.62. The highest BCUT2D eigenvalue weighted by Gasteiger charge is 2.23. The van der Waals surface area contributed by atoms with Crippen LogP contribution >= 0.6 is 0 Å². The summed E-state index contributed by atoms with van der Waals surface area (Å²) in [6.45, 7) is 4.72. The van der Waals surface area contributed by atoms with Gasteiger partial charge in [-0.2, -0.15) is 0 Å². The summed E-state index contributed by atoms with van der Waals surface area (Å²) in [6, 6.07) is 0.0352. The van der Waals surface area contributed by atoms with Gasteiger partial charge in [-0.25, -0.2) is 4.79 Å². The summed E-state index contributed by atoms with van der Waals surface area (Å²) in [4.78, 5) is 12.8. The van der Waals surface area contributed by atoms with Crippen molar-refractivity contribution in [2.24, 2.45) is 5.73 Å². The van der Waals surface area contributed by atoms with Gasteiger partial charge in [0.2, 0.25) is 0 Å². The zero-order valence-electron chi connectivity index (χ0n) is 7.55. The van der Waals surface area contributed by atoms with Gasteiger partial charge in [0.15, 0.2) is 0 Å². The molecule has 1 atom stereocenters. The largest absolute Gasteiger partial charge is 0.351 e. The second kappa shape index (κ2) is 4.30. The van der Waals surface area contributed by atoms with Crippen LogP contribution in [0.3, 0.4) is 0 Å². The van der Waals surface area contributed by atoms with Crippen molar-refractivity contribution in [2.45, 2.75) is 25.8 Å². The third-order valence-corrected chi connectivity index (χ3v) is 2.22. The minimum absolute atomic E-state index is 0.287. The normalized spacial score (nSPS) is 22.6. The summed E-state index contributed by atoms with van der Waals surface area (Å²) in [7, 11) is 0. The lowest BCUT2D eigenvalue weighted by Crippen LogP contribution is -2.45. The lowest BCUT2D eigenvalue weighted by Gasteiger charge is -2.25. The molecule has 1 fully saturated rings. The quantitative estimate of drug-likeness (QED) is 0.634. The van der Waals surface area contributed by atoms with Crippen LogP contribution in [0.5, 0.6) is 0 Å². The van der Waals surface area contributed by atoms with E-state index in [1.165, 1.54) is 0 Å². The number of carbonyl (C=O) groups excluding carboxylic acids is 1. The van der Waals surface area contributed by atoms with E-state index < -0.39 is 0 Å². The Morgan fingerprint density at radius 3 is 2.92 bits per heavy atom. The van der Waals surface area contributed by atoms with Gasteiger partial charge < -0.3 is 16.0 Å². The maximum absolute atomic E-state index is 11.0. The molecule has 4 heteroatoms. The molecule has 0 aromatic rings. The van der Waals surface area contributed by atoms with Crippen LogP contribution in [0.4, 0.5) is 4.79 Å². The van der Waals surface area contributed by atoms with E-state index in [-0.39, 0.29) is 6.03 Å². The molecule has 4 nitrogen and oxygen atoms in total. The van der Waals surface area contributed by atoms with Crippen LogP contribution in [-0.4, -0.2) is 36.6 Å². The number of hydrogen-bond acceptors (Lipinski definition) is 2. The second-order valence-electron chi connectivity index (χ2n) is 3.18. The Kier molecular flexibility index (Phi) is 3.34. The first-order chi connectivity index (χ1) is 5.75. The smallest absolute Gasteiger partial charge is 0.315 e. The van der Waals surface area contributed by atoms with E-state index in [1.807, 2.05) is 0 Å². The molecule has 1 saturated heterocycles. The fourth-order valence-corrected chi connectivity index (χ4v) is 1.62. The molecule has 0 radical (unpaired) electrons. The third kappa shape index (κ3) is 2.11. The van der Waals surface area contributed by atoms with E-state index in [9.17, 15) is 4.79 Å². The average molecular weight is 171 g/mol. The standard InChI is InChI=1S/C8H17N3O/c1-2-5-11(8(9)12)7-3-4-10-6-7/h7,10H,2-6H2,1H3,(H2,9,12). The van der Waals surface area contributed by atoms with Crippen molar-refractivity contribution in [2.75, 3.05) is 19.6 Å². The van der Waals surface area contributed by atoms with E-state index in [1.54, 1.807) is 4.90 Å². The van der Waals surface area contributed by atoms with Crippen LogP contribution in [0.2, 0.25) is 0 Å². The van der Waals surface area contributed by atoms with Crippen LogP contribution in [0.25, 0.3) is 0 Å². The highest BCUT2D eigenvalue weighted by atomic mass is 16.2. The van der Waals surface area contributed by atoms with Gasteiger partial charge >= 0.3 is 6.03 Å². The Morgan fingerprint density at radius 2 is 2.50 bits per heavy atom. The van der Waals surface area contributed by atoms with Crippen molar-refractivity contribution >= 4 is 6.03 Å². The van der Waals surface area contributed by atoms with Crippen LogP contribution in [0.15, 0.2) is 0 Å². The zero-order valence-corrected chi connectivity index (χ0v) is 7.55. The summed E-state index contributed by atoms with van der Waals surface area (Å²) in [6.07, 6.45) is 2.00. The number of primary amides is 1. The summed E-state index contributed by atoms with van der Waals surface area (Å²) in [5.41, 5.74) is 5.26. The molecular formula is C8H17N3O. The Hall–Kier alpha value is -0.770. The molecule has 0 aromatic carbocycles. The minimum atomic E-state index is -0.287. The predicted molar refractivity (Wildman–Crippen MR) is 47.9 cm³/mol. The maximum Gasteiger partial charge on any atom is 0.315 e. The van der Waals surface area contributed by atoms with Gasteiger partial charge in [-0.05, 0) is 19.4 Å². The molecule has 0 aromatic heterocycles. The topological polar surface area (TPSA) is 58.4 Å². The lowest BCUT2D eigenvalue weighted by molar-refractivity contribution is 0.188. The first-order valence-corrected chi connectivity index (χ1v) is 4.52. The van der Waals surface area contributed by atoms with Crippen molar-refractivity contribution in [3.05, 3.63) is 0 Å². The van der Waals surface area contributed by atoms with Gasteiger partial charge in [-0.1, -0.05) is 6.92 Å². The summed E-state index contributed by atoms with van der Waals surface area (Å²) >= 11 is 0. The van der Waals surface area contributed by atoms with Gasteiger partial charge in [-0.3, -0.25) is 0 Å². The molecule has 1 aliphatic heterocycles. The molecule has 1 unspecified atom stereocenters. The second-order valence-corrected chi connectivity index (χ2v) is 3.18. The maximum atomic E-state index is 11.0. The molecule has 3 N–H and O–H groups in total. The van der Waals surface area contributed by atoms with Gasteiger partial charge in [0.1, 0.15) is 0 Å². The van der Waals surface area contributed by atoms with Crippen molar-refractivity contribution in [3.63, 3.8) is 0 Å². The molecule has 2 amide bonds. The van der Waals surface area contributed by atoms with Crippen LogP contribution < -0.4 is 11.1 Å². The molecular weight excluding hydrogens is 154 g/mol. The van der Waals surface area contributed by atoms with E-state index in [2.05, 4.69) is 12.2 Å². The van der Waals surface area contributed by atoms with E-state index in [4.69, 9.17) is 5.73 Å². The molecule has 12 heavy (non-hydrogen) atoms.